The zero-order chi connectivity index (χ0) is 20.6. The number of anilines is 1. The first-order valence-electron chi connectivity index (χ1n) is 9.75. The molecule has 1 heterocycles. The van der Waals surface area contributed by atoms with Crippen LogP contribution in [0.5, 0.6) is 6.01 Å². The average molecular weight is 394 g/mol. The van der Waals surface area contributed by atoms with Gasteiger partial charge < -0.3 is 14.8 Å². The number of benzene rings is 2. The summed E-state index contributed by atoms with van der Waals surface area (Å²) in [6.07, 6.45) is 0.435. The smallest absolute Gasteiger partial charge is 0.336 e. The highest BCUT2D eigenvalue weighted by molar-refractivity contribution is 5.90. The molecular formula is C22H26N4O3. The highest BCUT2D eigenvalue weighted by atomic mass is 16.5. The van der Waals surface area contributed by atoms with Gasteiger partial charge in [0.05, 0.1) is 12.3 Å². The number of carbonyl (C=O) groups excluding carboxylic acids is 1. The van der Waals surface area contributed by atoms with Gasteiger partial charge in [0.2, 0.25) is 5.91 Å². The first-order valence-corrected chi connectivity index (χ1v) is 9.75. The van der Waals surface area contributed by atoms with E-state index in [4.69, 9.17) is 9.47 Å². The molecule has 7 nitrogen and oxygen atoms in total. The van der Waals surface area contributed by atoms with Crippen molar-refractivity contribution in [2.45, 2.75) is 27.2 Å². The van der Waals surface area contributed by atoms with Crippen molar-refractivity contribution in [3.63, 3.8) is 0 Å². The third-order valence-electron chi connectivity index (χ3n) is 4.28. The number of hydrogen-bond donors (Lipinski definition) is 1. The first-order chi connectivity index (χ1) is 14.1. The van der Waals surface area contributed by atoms with E-state index in [1.54, 1.807) is 4.68 Å². The standard InChI is InChI=1S/C22H26N4O3/c1-4-20(27)23-18-10-12-19(13-11-18)26-21(17-8-6-16(3)7-9-17)24-22(25-26)29-15-14-28-5-2/h6-13H,4-5,14-15H2,1-3H3,(H,23,27). The predicted octanol–water partition coefficient (Wildman–Crippen LogP) is 4.01. The summed E-state index contributed by atoms with van der Waals surface area (Å²) in [5.74, 6) is 0.658. The highest BCUT2D eigenvalue weighted by Gasteiger charge is 2.15. The molecule has 0 spiro atoms. The van der Waals surface area contributed by atoms with Crippen LogP contribution < -0.4 is 10.1 Å². The molecule has 0 bridgehead atoms. The van der Waals surface area contributed by atoms with Gasteiger partial charge in [0.15, 0.2) is 5.82 Å². The van der Waals surface area contributed by atoms with Gasteiger partial charge in [-0.15, -0.1) is 5.10 Å². The second-order valence-corrected chi connectivity index (χ2v) is 6.49. The van der Waals surface area contributed by atoms with E-state index in [1.807, 2.05) is 69.3 Å². The minimum absolute atomic E-state index is 0.0242. The van der Waals surface area contributed by atoms with Gasteiger partial charge in [-0.3, -0.25) is 4.79 Å². The number of aryl methyl sites for hydroxylation is 1. The maximum Gasteiger partial charge on any atom is 0.336 e. The summed E-state index contributed by atoms with van der Waals surface area (Å²) in [6.45, 7) is 7.31. The minimum Gasteiger partial charge on any atom is -0.460 e. The molecule has 0 saturated carbocycles. The molecule has 152 valence electrons. The molecule has 0 radical (unpaired) electrons. The van der Waals surface area contributed by atoms with Crippen LogP contribution in [0.4, 0.5) is 5.69 Å². The molecule has 0 aliphatic carbocycles. The molecule has 29 heavy (non-hydrogen) atoms. The Hall–Kier alpha value is -3.19. The topological polar surface area (TPSA) is 78.3 Å². The Kier molecular flexibility index (Phi) is 6.97. The van der Waals surface area contributed by atoms with Gasteiger partial charge >= 0.3 is 6.01 Å². The van der Waals surface area contributed by atoms with Crippen LogP contribution in [0.15, 0.2) is 48.5 Å². The van der Waals surface area contributed by atoms with Crippen LogP contribution in [0.25, 0.3) is 17.1 Å². The zero-order valence-corrected chi connectivity index (χ0v) is 17.0. The summed E-state index contributed by atoms with van der Waals surface area (Å²) in [5, 5.41) is 7.37. The van der Waals surface area contributed by atoms with Crippen molar-refractivity contribution in [3.05, 3.63) is 54.1 Å². The molecule has 0 aliphatic rings. The van der Waals surface area contributed by atoms with Crippen molar-refractivity contribution in [2.24, 2.45) is 0 Å². The number of ether oxygens (including phenoxy) is 2. The summed E-state index contributed by atoms with van der Waals surface area (Å²) in [4.78, 5) is 16.2. The fourth-order valence-electron chi connectivity index (χ4n) is 2.70. The normalized spacial score (nSPS) is 10.7. The lowest BCUT2D eigenvalue weighted by Gasteiger charge is -2.08. The maximum atomic E-state index is 11.6. The van der Waals surface area contributed by atoms with Gasteiger partial charge in [-0.1, -0.05) is 36.8 Å². The number of nitrogens with zero attached hydrogens (tertiary/aromatic N) is 3. The number of hydrogen-bond acceptors (Lipinski definition) is 5. The van der Waals surface area contributed by atoms with Crippen molar-refractivity contribution in [2.75, 3.05) is 25.1 Å². The predicted molar refractivity (Wildman–Crippen MR) is 112 cm³/mol. The van der Waals surface area contributed by atoms with E-state index in [1.165, 1.54) is 5.56 Å². The van der Waals surface area contributed by atoms with Crippen LogP contribution in [0, 0.1) is 6.92 Å². The van der Waals surface area contributed by atoms with Crippen molar-refractivity contribution >= 4 is 11.6 Å². The summed E-state index contributed by atoms with van der Waals surface area (Å²) in [5.41, 5.74) is 3.67. The van der Waals surface area contributed by atoms with Gasteiger partial charge in [-0.05, 0) is 38.1 Å². The van der Waals surface area contributed by atoms with Gasteiger partial charge in [0.1, 0.15) is 6.61 Å². The van der Waals surface area contributed by atoms with Crippen LogP contribution in [0.1, 0.15) is 25.8 Å². The van der Waals surface area contributed by atoms with E-state index in [9.17, 15) is 4.79 Å². The summed E-state index contributed by atoms with van der Waals surface area (Å²) in [7, 11) is 0. The van der Waals surface area contributed by atoms with E-state index in [-0.39, 0.29) is 5.91 Å². The number of rotatable bonds is 9. The molecule has 1 N–H and O–H groups in total. The Morgan fingerprint density at radius 3 is 2.41 bits per heavy atom. The lowest BCUT2D eigenvalue weighted by atomic mass is 10.1. The third kappa shape index (κ3) is 5.42. The Morgan fingerprint density at radius 2 is 1.76 bits per heavy atom. The van der Waals surface area contributed by atoms with Crippen LogP contribution in [0.2, 0.25) is 0 Å². The summed E-state index contributed by atoms with van der Waals surface area (Å²) in [6, 6.07) is 15.9. The molecule has 2 aromatic carbocycles. The van der Waals surface area contributed by atoms with Crippen LogP contribution >= 0.6 is 0 Å². The van der Waals surface area contributed by atoms with Crippen LogP contribution in [0.3, 0.4) is 0 Å². The summed E-state index contributed by atoms with van der Waals surface area (Å²) < 4.78 is 12.7. The van der Waals surface area contributed by atoms with E-state index < -0.39 is 0 Å². The van der Waals surface area contributed by atoms with E-state index >= 15 is 0 Å². The lowest BCUT2D eigenvalue weighted by Crippen LogP contribution is -2.09. The molecule has 0 unspecified atom stereocenters. The molecule has 0 fully saturated rings. The molecule has 1 aromatic heterocycles. The van der Waals surface area contributed by atoms with Gasteiger partial charge in [0.25, 0.3) is 0 Å². The molecule has 3 rings (SSSR count). The van der Waals surface area contributed by atoms with Crippen molar-refractivity contribution in [3.8, 4) is 23.1 Å². The Labute approximate surface area is 170 Å². The van der Waals surface area contributed by atoms with E-state index in [0.29, 0.717) is 38.1 Å². The van der Waals surface area contributed by atoms with Crippen LogP contribution in [-0.4, -0.2) is 40.5 Å². The molecular weight excluding hydrogens is 368 g/mol. The fraction of sp³-hybridized carbons (Fsp3) is 0.318. The number of carbonyl (C=O) groups is 1. The van der Waals surface area contributed by atoms with Crippen molar-refractivity contribution < 1.29 is 14.3 Å². The molecule has 1 amide bonds. The Morgan fingerprint density at radius 1 is 1.03 bits per heavy atom. The molecule has 7 heteroatoms. The van der Waals surface area contributed by atoms with Crippen molar-refractivity contribution in [1.82, 2.24) is 14.8 Å². The van der Waals surface area contributed by atoms with E-state index in [0.717, 1.165) is 16.9 Å². The minimum atomic E-state index is -0.0242. The monoisotopic (exact) mass is 394 g/mol. The Balaban J connectivity index is 1.89. The number of aromatic nitrogens is 3. The van der Waals surface area contributed by atoms with Gasteiger partial charge in [-0.25, -0.2) is 4.68 Å². The highest BCUT2D eigenvalue weighted by Crippen LogP contribution is 2.25. The molecule has 0 atom stereocenters. The average Bonchev–Trinajstić information content (AvgIpc) is 3.16. The number of nitrogens with one attached hydrogen (secondary N) is 1. The Bertz CT molecular complexity index is 934. The van der Waals surface area contributed by atoms with Gasteiger partial charge in [0, 0.05) is 24.3 Å². The summed E-state index contributed by atoms with van der Waals surface area (Å²) >= 11 is 0. The lowest BCUT2D eigenvalue weighted by molar-refractivity contribution is -0.115. The second-order valence-electron chi connectivity index (χ2n) is 6.49. The molecule has 0 saturated heterocycles. The second kappa shape index (κ2) is 9.84. The van der Waals surface area contributed by atoms with Crippen LogP contribution in [-0.2, 0) is 9.53 Å². The first kappa shape index (κ1) is 20.5. The third-order valence-corrected chi connectivity index (χ3v) is 4.28. The molecule has 3 aromatic rings. The quantitative estimate of drug-likeness (QED) is 0.555. The van der Waals surface area contributed by atoms with Crippen molar-refractivity contribution in [1.29, 1.82) is 0 Å². The zero-order valence-electron chi connectivity index (χ0n) is 17.0. The largest absolute Gasteiger partial charge is 0.460 e. The van der Waals surface area contributed by atoms with E-state index in [2.05, 4.69) is 15.4 Å². The molecule has 0 aliphatic heterocycles. The number of amides is 1. The SMILES string of the molecule is CCOCCOc1nc(-c2ccc(C)cc2)n(-c2ccc(NC(=O)CC)cc2)n1. The fourth-order valence-corrected chi connectivity index (χ4v) is 2.70. The van der Waals surface area contributed by atoms with Gasteiger partial charge in [-0.2, -0.15) is 4.98 Å². The maximum absolute atomic E-state index is 11.6.